The van der Waals surface area contributed by atoms with Crippen molar-refractivity contribution in [3.63, 3.8) is 0 Å². The first-order valence-electron chi connectivity index (χ1n) is 6.94. The molecule has 23 heavy (non-hydrogen) atoms. The van der Waals surface area contributed by atoms with Gasteiger partial charge in [-0.15, -0.1) is 5.10 Å². The van der Waals surface area contributed by atoms with Crippen LogP contribution in [-0.2, 0) is 4.79 Å². The van der Waals surface area contributed by atoms with E-state index in [-0.39, 0.29) is 22.3 Å². The number of rotatable bonds is 2. The Hall–Kier alpha value is -2.48. The molecule has 1 N–H and O–H groups in total. The number of carbonyl (C=O) groups excluding carboxylic acids is 2. The molecular weight excluding hydrogens is 325 g/mol. The van der Waals surface area contributed by atoms with Crippen molar-refractivity contribution in [2.45, 2.75) is 13.0 Å². The smallest absolute Gasteiger partial charge is 0.276 e. The first-order chi connectivity index (χ1) is 11.0. The normalized spacial score (nSPS) is 18.0. The Morgan fingerprint density at radius 1 is 1.48 bits per heavy atom. The summed E-state index contributed by atoms with van der Waals surface area (Å²) < 4.78 is 15.1. The molecule has 2 heterocycles. The highest BCUT2D eigenvalue weighted by Gasteiger charge is 2.31. The Labute approximate surface area is 136 Å². The number of aromatic nitrogens is 3. The molecule has 1 fully saturated rings. The first kappa shape index (κ1) is 15.4. The molecule has 2 amide bonds. The van der Waals surface area contributed by atoms with Crippen molar-refractivity contribution in [1.29, 1.82) is 0 Å². The van der Waals surface area contributed by atoms with Crippen LogP contribution < -0.4 is 5.32 Å². The fraction of sp³-hybridized carbons (Fsp3) is 0.286. The molecule has 0 aliphatic carbocycles. The maximum Gasteiger partial charge on any atom is 0.276 e. The largest absolute Gasteiger partial charge is 0.353 e. The molecule has 1 aromatic carbocycles. The van der Waals surface area contributed by atoms with Crippen molar-refractivity contribution >= 4 is 23.4 Å². The van der Waals surface area contributed by atoms with Crippen LogP contribution in [0.15, 0.2) is 24.4 Å². The lowest BCUT2D eigenvalue weighted by Gasteiger charge is -2.32. The molecule has 1 aromatic heterocycles. The van der Waals surface area contributed by atoms with Crippen LogP contribution in [0, 0.1) is 5.82 Å². The van der Waals surface area contributed by atoms with E-state index in [0.717, 1.165) is 4.68 Å². The zero-order chi connectivity index (χ0) is 16.6. The second kappa shape index (κ2) is 5.96. The van der Waals surface area contributed by atoms with Gasteiger partial charge in [-0.05, 0) is 19.1 Å². The minimum absolute atomic E-state index is 0.0333. The van der Waals surface area contributed by atoms with Crippen LogP contribution in [0.2, 0.25) is 5.02 Å². The molecule has 1 saturated heterocycles. The van der Waals surface area contributed by atoms with Gasteiger partial charge < -0.3 is 10.2 Å². The number of nitrogens with zero attached hydrogens (tertiary/aromatic N) is 4. The van der Waals surface area contributed by atoms with Crippen LogP contribution in [0.5, 0.6) is 0 Å². The Morgan fingerprint density at radius 2 is 2.26 bits per heavy atom. The molecule has 1 atom stereocenters. The third-order valence-electron chi connectivity index (χ3n) is 3.65. The monoisotopic (exact) mass is 337 g/mol. The molecule has 2 aromatic rings. The number of amides is 2. The Kier molecular flexibility index (Phi) is 3.99. The van der Waals surface area contributed by atoms with Crippen molar-refractivity contribution in [3.05, 3.63) is 40.9 Å². The topological polar surface area (TPSA) is 80.1 Å². The second-order valence-electron chi connectivity index (χ2n) is 5.09. The number of hydrogen-bond acceptors (Lipinski definition) is 4. The van der Waals surface area contributed by atoms with Crippen LogP contribution in [0.25, 0.3) is 5.69 Å². The quantitative estimate of drug-likeness (QED) is 0.887. The van der Waals surface area contributed by atoms with Gasteiger partial charge in [-0.1, -0.05) is 22.9 Å². The minimum Gasteiger partial charge on any atom is -0.353 e. The van der Waals surface area contributed by atoms with Gasteiger partial charge in [0.25, 0.3) is 5.91 Å². The standard InChI is InChI=1S/C14H13ClFN5O2/c1-8-13(22)17-5-6-20(8)14(23)10-7-21(19-18-10)11-4-2-3-9(15)12(11)16/h2-4,7-8H,5-6H2,1H3,(H,17,22)/t8-/m1/s1. The molecule has 1 aliphatic heterocycles. The fourth-order valence-corrected chi connectivity index (χ4v) is 2.53. The number of piperazine rings is 1. The van der Waals surface area contributed by atoms with Crippen molar-refractivity contribution in [2.75, 3.05) is 13.1 Å². The summed E-state index contributed by atoms with van der Waals surface area (Å²) in [6, 6.07) is 3.86. The van der Waals surface area contributed by atoms with E-state index in [1.807, 2.05) is 0 Å². The van der Waals surface area contributed by atoms with Crippen LogP contribution in [0.1, 0.15) is 17.4 Å². The Balaban J connectivity index is 1.88. The molecular formula is C14H13ClFN5O2. The first-order valence-corrected chi connectivity index (χ1v) is 7.32. The number of benzene rings is 1. The van der Waals surface area contributed by atoms with E-state index >= 15 is 0 Å². The lowest BCUT2D eigenvalue weighted by atomic mass is 10.2. The molecule has 0 spiro atoms. The summed E-state index contributed by atoms with van der Waals surface area (Å²) in [5, 5.41) is 10.2. The minimum atomic E-state index is -0.649. The highest BCUT2D eigenvalue weighted by atomic mass is 35.5. The predicted molar refractivity (Wildman–Crippen MR) is 79.8 cm³/mol. The van der Waals surface area contributed by atoms with Crippen LogP contribution in [0.4, 0.5) is 4.39 Å². The third-order valence-corrected chi connectivity index (χ3v) is 3.94. The molecule has 3 rings (SSSR count). The molecule has 7 nitrogen and oxygen atoms in total. The maximum absolute atomic E-state index is 14.0. The van der Waals surface area contributed by atoms with Gasteiger partial charge in [0.2, 0.25) is 5.91 Å². The van der Waals surface area contributed by atoms with E-state index in [1.54, 1.807) is 13.0 Å². The second-order valence-corrected chi connectivity index (χ2v) is 5.49. The molecule has 120 valence electrons. The highest BCUT2D eigenvalue weighted by Crippen LogP contribution is 2.21. The number of nitrogens with one attached hydrogen (secondary N) is 1. The summed E-state index contributed by atoms with van der Waals surface area (Å²) in [6.07, 6.45) is 1.32. The average Bonchev–Trinajstić information content (AvgIpc) is 3.02. The van der Waals surface area contributed by atoms with Gasteiger partial charge in [0.05, 0.1) is 11.2 Å². The van der Waals surface area contributed by atoms with E-state index in [0.29, 0.717) is 13.1 Å². The number of carbonyl (C=O) groups is 2. The van der Waals surface area contributed by atoms with Crippen LogP contribution >= 0.6 is 11.6 Å². The molecule has 9 heteroatoms. The van der Waals surface area contributed by atoms with E-state index < -0.39 is 17.8 Å². The average molecular weight is 338 g/mol. The van der Waals surface area contributed by atoms with Gasteiger partial charge >= 0.3 is 0 Å². The summed E-state index contributed by atoms with van der Waals surface area (Å²) in [5.41, 5.74) is 0.124. The van der Waals surface area contributed by atoms with Gasteiger partial charge in [0.1, 0.15) is 11.7 Å². The third kappa shape index (κ3) is 2.77. The van der Waals surface area contributed by atoms with E-state index in [9.17, 15) is 14.0 Å². The van der Waals surface area contributed by atoms with Crippen molar-refractivity contribution in [1.82, 2.24) is 25.2 Å². The van der Waals surface area contributed by atoms with E-state index in [4.69, 9.17) is 11.6 Å². The molecule has 0 saturated carbocycles. The summed E-state index contributed by atoms with van der Waals surface area (Å²) >= 11 is 5.73. The molecule has 0 radical (unpaired) electrons. The fourth-order valence-electron chi connectivity index (χ4n) is 2.36. The van der Waals surface area contributed by atoms with Crippen molar-refractivity contribution in [3.8, 4) is 5.69 Å². The zero-order valence-corrected chi connectivity index (χ0v) is 12.9. The van der Waals surface area contributed by atoms with Gasteiger partial charge in [-0.2, -0.15) is 0 Å². The summed E-state index contributed by atoms with van der Waals surface area (Å²) in [7, 11) is 0. The lowest BCUT2D eigenvalue weighted by Crippen LogP contribution is -2.55. The Bertz CT molecular complexity index is 778. The predicted octanol–water partition coefficient (Wildman–Crippen LogP) is 1.02. The van der Waals surface area contributed by atoms with Gasteiger partial charge in [-0.25, -0.2) is 9.07 Å². The molecule has 0 bridgehead atoms. The van der Waals surface area contributed by atoms with Crippen molar-refractivity contribution in [2.24, 2.45) is 0 Å². The van der Waals surface area contributed by atoms with Gasteiger partial charge in [0, 0.05) is 13.1 Å². The maximum atomic E-state index is 14.0. The SMILES string of the molecule is C[C@@H]1C(=O)NCCN1C(=O)c1cn(-c2cccc(Cl)c2F)nn1. The van der Waals surface area contributed by atoms with Crippen LogP contribution in [-0.4, -0.2) is 50.8 Å². The van der Waals surface area contributed by atoms with Gasteiger partial charge in [0.15, 0.2) is 11.5 Å². The highest BCUT2D eigenvalue weighted by molar-refractivity contribution is 6.30. The summed E-state index contributed by atoms with van der Waals surface area (Å²) in [5.74, 6) is -1.30. The van der Waals surface area contributed by atoms with Gasteiger partial charge in [-0.3, -0.25) is 9.59 Å². The van der Waals surface area contributed by atoms with E-state index in [1.165, 1.54) is 23.2 Å². The lowest BCUT2D eigenvalue weighted by molar-refractivity contribution is -0.127. The van der Waals surface area contributed by atoms with E-state index in [2.05, 4.69) is 15.6 Å². The van der Waals surface area contributed by atoms with Crippen molar-refractivity contribution < 1.29 is 14.0 Å². The zero-order valence-electron chi connectivity index (χ0n) is 12.2. The summed E-state index contributed by atoms with van der Waals surface area (Å²) in [6.45, 7) is 2.39. The Morgan fingerprint density at radius 3 is 3.04 bits per heavy atom. The molecule has 0 unspecified atom stereocenters. The number of hydrogen-bond donors (Lipinski definition) is 1. The summed E-state index contributed by atoms with van der Waals surface area (Å²) in [4.78, 5) is 25.5. The van der Waals surface area contributed by atoms with Crippen LogP contribution in [0.3, 0.4) is 0 Å². The number of halogens is 2. The molecule has 1 aliphatic rings.